The van der Waals surface area contributed by atoms with Crippen LogP contribution in [0.2, 0.25) is 0 Å². The fraction of sp³-hybridized carbons (Fsp3) is 0.348. The molecular formula is C23H25NO2S2. The smallest absolute Gasteiger partial charge is 0.251 e. The summed E-state index contributed by atoms with van der Waals surface area (Å²) in [5.74, 6) is 7.40. The van der Waals surface area contributed by atoms with Gasteiger partial charge < -0.3 is 10.1 Å². The summed E-state index contributed by atoms with van der Waals surface area (Å²) in [6.07, 6.45) is 5.99. The van der Waals surface area contributed by atoms with E-state index in [1.165, 1.54) is 5.56 Å². The van der Waals surface area contributed by atoms with E-state index in [-0.39, 0.29) is 9.99 Å². The molecular weight excluding hydrogens is 386 g/mol. The van der Waals surface area contributed by atoms with Crippen LogP contribution in [0.3, 0.4) is 0 Å². The van der Waals surface area contributed by atoms with Crippen molar-refractivity contribution >= 4 is 29.4 Å². The van der Waals surface area contributed by atoms with Gasteiger partial charge in [0.05, 0.1) is 10.7 Å². The van der Waals surface area contributed by atoms with Crippen molar-refractivity contribution in [1.82, 2.24) is 5.32 Å². The number of rotatable bonds is 5. The third-order valence-electron chi connectivity index (χ3n) is 4.84. The molecule has 28 heavy (non-hydrogen) atoms. The molecule has 5 heteroatoms. The van der Waals surface area contributed by atoms with Gasteiger partial charge in [0.2, 0.25) is 0 Å². The second-order valence-corrected chi connectivity index (χ2v) is 8.94. The summed E-state index contributed by atoms with van der Waals surface area (Å²) in [4.78, 5) is 11.8. The Morgan fingerprint density at radius 3 is 2.61 bits per heavy atom. The number of nitrogens with one attached hydrogen (secondary N) is 1. The van der Waals surface area contributed by atoms with Crippen LogP contribution in [0, 0.1) is 11.8 Å². The van der Waals surface area contributed by atoms with Crippen molar-refractivity contribution < 1.29 is 9.53 Å². The van der Waals surface area contributed by atoms with Crippen LogP contribution in [0.5, 0.6) is 5.75 Å². The fourth-order valence-electron chi connectivity index (χ4n) is 3.33. The molecule has 1 heterocycles. The number of benzene rings is 2. The van der Waals surface area contributed by atoms with Gasteiger partial charge in [-0.05, 0) is 43.7 Å². The van der Waals surface area contributed by atoms with Crippen LogP contribution in [0.4, 0.5) is 0 Å². The van der Waals surface area contributed by atoms with Gasteiger partial charge in [-0.15, -0.1) is 23.5 Å². The van der Waals surface area contributed by atoms with Crippen molar-refractivity contribution in [3.05, 3.63) is 64.7 Å². The molecule has 1 amide bonds. The normalized spacial score (nSPS) is 14.2. The van der Waals surface area contributed by atoms with E-state index in [2.05, 4.69) is 47.9 Å². The van der Waals surface area contributed by atoms with Gasteiger partial charge in [0.15, 0.2) is 0 Å². The lowest BCUT2D eigenvalue weighted by Gasteiger charge is -2.36. The zero-order valence-electron chi connectivity index (χ0n) is 16.5. The fourth-order valence-corrected chi connectivity index (χ4v) is 5.34. The SMILES string of the molecule is CCNC(=O)c1ccc(C#CCc2cccc3c2OCCC3(SC)SC)cc1. The van der Waals surface area contributed by atoms with E-state index in [9.17, 15) is 4.79 Å². The van der Waals surface area contributed by atoms with E-state index >= 15 is 0 Å². The van der Waals surface area contributed by atoms with Gasteiger partial charge in [0.1, 0.15) is 5.75 Å². The highest BCUT2D eigenvalue weighted by atomic mass is 32.2. The van der Waals surface area contributed by atoms with Gasteiger partial charge in [-0.2, -0.15) is 0 Å². The largest absolute Gasteiger partial charge is 0.493 e. The number of carbonyl (C=O) groups is 1. The number of amides is 1. The molecule has 0 aromatic heterocycles. The first-order valence-electron chi connectivity index (χ1n) is 9.36. The summed E-state index contributed by atoms with van der Waals surface area (Å²) >= 11 is 3.77. The van der Waals surface area contributed by atoms with Crippen LogP contribution in [-0.2, 0) is 10.5 Å². The molecule has 0 spiro atoms. The van der Waals surface area contributed by atoms with E-state index in [0.717, 1.165) is 29.9 Å². The molecule has 3 nitrogen and oxygen atoms in total. The summed E-state index contributed by atoms with van der Waals surface area (Å²) < 4.78 is 6.10. The Labute approximate surface area is 176 Å². The maximum Gasteiger partial charge on any atom is 0.251 e. The molecule has 0 bridgehead atoms. The first-order chi connectivity index (χ1) is 13.6. The van der Waals surface area contributed by atoms with Crippen LogP contribution in [-0.4, -0.2) is 31.6 Å². The zero-order chi connectivity index (χ0) is 20.0. The second-order valence-electron chi connectivity index (χ2n) is 6.47. The third-order valence-corrected chi connectivity index (χ3v) is 8.01. The Morgan fingerprint density at radius 1 is 1.18 bits per heavy atom. The van der Waals surface area contributed by atoms with Crippen molar-refractivity contribution in [2.24, 2.45) is 0 Å². The summed E-state index contributed by atoms with van der Waals surface area (Å²) in [5, 5.41) is 2.80. The van der Waals surface area contributed by atoms with Gasteiger partial charge in [0, 0.05) is 41.6 Å². The van der Waals surface area contributed by atoms with Crippen LogP contribution >= 0.6 is 23.5 Å². The number of carbonyl (C=O) groups excluding carboxylic acids is 1. The highest BCUT2D eigenvalue weighted by Gasteiger charge is 2.37. The number of fused-ring (bicyclic) bond motifs is 1. The molecule has 2 aromatic rings. The lowest BCUT2D eigenvalue weighted by atomic mass is 9.99. The maximum absolute atomic E-state index is 11.8. The molecule has 0 radical (unpaired) electrons. The minimum Gasteiger partial charge on any atom is -0.493 e. The Bertz CT molecular complexity index is 893. The first-order valence-corrected chi connectivity index (χ1v) is 11.8. The maximum atomic E-state index is 11.8. The second kappa shape index (κ2) is 9.45. The number of para-hydroxylation sites is 1. The number of thioether (sulfide) groups is 2. The van der Waals surface area contributed by atoms with Crippen LogP contribution in [0.25, 0.3) is 0 Å². The summed E-state index contributed by atoms with van der Waals surface area (Å²) in [5.41, 5.74) is 3.96. The highest BCUT2D eigenvalue weighted by molar-refractivity contribution is 8.16. The molecule has 146 valence electrons. The number of hydrogen-bond donors (Lipinski definition) is 1. The monoisotopic (exact) mass is 411 g/mol. The van der Waals surface area contributed by atoms with Crippen molar-refractivity contribution in [3.63, 3.8) is 0 Å². The number of ether oxygens (including phenoxy) is 1. The zero-order valence-corrected chi connectivity index (χ0v) is 18.1. The predicted octanol–water partition coefficient (Wildman–Crippen LogP) is 4.69. The molecule has 1 aliphatic rings. The molecule has 0 fully saturated rings. The van der Waals surface area contributed by atoms with E-state index in [0.29, 0.717) is 18.5 Å². The van der Waals surface area contributed by atoms with Crippen LogP contribution in [0.15, 0.2) is 42.5 Å². The molecule has 0 atom stereocenters. The topological polar surface area (TPSA) is 38.3 Å². The summed E-state index contributed by atoms with van der Waals surface area (Å²) in [6.45, 7) is 3.27. The lowest BCUT2D eigenvalue weighted by Crippen LogP contribution is -2.27. The molecule has 3 rings (SSSR count). The van der Waals surface area contributed by atoms with Crippen LogP contribution in [0.1, 0.15) is 40.4 Å². The van der Waals surface area contributed by atoms with Crippen molar-refractivity contribution in [2.75, 3.05) is 25.7 Å². The molecule has 1 aliphatic heterocycles. The third kappa shape index (κ3) is 4.34. The van der Waals surface area contributed by atoms with Gasteiger partial charge in [-0.25, -0.2) is 0 Å². The van der Waals surface area contributed by atoms with Crippen LogP contribution < -0.4 is 10.1 Å². The van der Waals surface area contributed by atoms with E-state index in [1.807, 2.05) is 54.7 Å². The summed E-state index contributed by atoms with van der Waals surface area (Å²) in [6, 6.07) is 13.8. The highest BCUT2D eigenvalue weighted by Crippen LogP contribution is 2.53. The Kier molecular flexibility index (Phi) is 6.98. The van der Waals surface area contributed by atoms with Crippen molar-refractivity contribution in [2.45, 2.75) is 23.8 Å². The molecule has 0 saturated heterocycles. The van der Waals surface area contributed by atoms with E-state index < -0.39 is 0 Å². The standard InChI is InChI=1S/C23H25NO2S2/c1-4-24-22(25)19-13-11-17(12-14-19)7-5-8-18-9-6-10-20-21(18)26-16-15-23(20,27-2)28-3/h6,9-14H,4,8,15-16H2,1-3H3,(H,24,25). The van der Waals surface area contributed by atoms with E-state index in [4.69, 9.17) is 4.74 Å². The Balaban J connectivity index is 1.77. The quantitative estimate of drug-likeness (QED) is 0.572. The van der Waals surface area contributed by atoms with Crippen molar-refractivity contribution in [1.29, 1.82) is 0 Å². The minimum atomic E-state index is -0.0545. The van der Waals surface area contributed by atoms with Gasteiger partial charge in [-0.1, -0.05) is 30.0 Å². The number of hydrogen-bond acceptors (Lipinski definition) is 4. The average molecular weight is 412 g/mol. The minimum absolute atomic E-state index is 0.0545. The first kappa shape index (κ1) is 20.7. The summed E-state index contributed by atoms with van der Waals surface area (Å²) in [7, 11) is 0. The van der Waals surface area contributed by atoms with Gasteiger partial charge in [-0.3, -0.25) is 4.79 Å². The van der Waals surface area contributed by atoms with Gasteiger partial charge in [0.25, 0.3) is 5.91 Å². The molecule has 1 N–H and O–H groups in total. The lowest BCUT2D eigenvalue weighted by molar-refractivity contribution is 0.0956. The predicted molar refractivity (Wildman–Crippen MR) is 120 cm³/mol. The van der Waals surface area contributed by atoms with E-state index in [1.54, 1.807) is 0 Å². The Hall–Kier alpha value is -2.03. The van der Waals surface area contributed by atoms with Gasteiger partial charge >= 0.3 is 0 Å². The molecule has 0 unspecified atom stereocenters. The Morgan fingerprint density at radius 2 is 1.93 bits per heavy atom. The average Bonchev–Trinajstić information content (AvgIpc) is 2.74. The molecule has 0 saturated carbocycles. The van der Waals surface area contributed by atoms with Crippen molar-refractivity contribution in [3.8, 4) is 17.6 Å². The molecule has 2 aromatic carbocycles. The molecule has 0 aliphatic carbocycles.